The number of aromatic nitrogens is 2. The van der Waals surface area contributed by atoms with Gasteiger partial charge in [-0.05, 0) is 59.8 Å². The van der Waals surface area contributed by atoms with E-state index in [1.165, 1.54) is 11.8 Å². The largest absolute Gasteiger partial charge is 0.328 e. The first kappa shape index (κ1) is 20.1. The van der Waals surface area contributed by atoms with Crippen molar-refractivity contribution in [2.75, 3.05) is 4.90 Å². The molecule has 0 N–H and O–H groups in total. The number of nitrogens with zero attached hydrogens (tertiary/aromatic N) is 4. The summed E-state index contributed by atoms with van der Waals surface area (Å²) in [6.07, 6.45) is 1.85. The molecule has 0 unspecified atom stereocenters. The number of amidine groups is 1. The van der Waals surface area contributed by atoms with Crippen LogP contribution in [0.25, 0.3) is 17.1 Å². The maximum absolute atomic E-state index is 13.4. The van der Waals surface area contributed by atoms with E-state index in [1.807, 2.05) is 84.9 Å². The second-order valence-electron chi connectivity index (χ2n) is 7.47. The average Bonchev–Trinajstić information content (AvgIpc) is 3.23. The molecule has 1 aromatic heterocycles. The van der Waals surface area contributed by atoms with Crippen molar-refractivity contribution in [3.05, 3.63) is 99.8 Å². The summed E-state index contributed by atoms with van der Waals surface area (Å²) in [5.74, 6) is -0.127. The Hall–Kier alpha value is -3.84. The number of carbonyl (C=O) groups is 1. The molecule has 32 heavy (non-hydrogen) atoms. The van der Waals surface area contributed by atoms with Gasteiger partial charge in [-0.3, -0.25) is 18.8 Å². The van der Waals surface area contributed by atoms with Crippen molar-refractivity contribution in [3.63, 3.8) is 0 Å². The van der Waals surface area contributed by atoms with Crippen molar-refractivity contribution < 1.29 is 4.79 Å². The number of hydrogen-bond donors (Lipinski definition) is 0. The lowest BCUT2D eigenvalue weighted by Gasteiger charge is -2.15. The normalized spacial score (nSPS) is 16.6. The minimum absolute atomic E-state index is 0.0799. The Labute approximate surface area is 189 Å². The zero-order valence-electron chi connectivity index (χ0n) is 17.6. The first-order valence-electron chi connectivity index (χ1n) is 10.1. The second-order valence-corrected chi connectivity index (χ2v) is 8.47. The second kappa shape index (κ2) is 8.01. The first-order chi connectivity index (χ1) is 15.5. The van der Waals surface area contributed by atoms with Gasteiger partial charge in [-0.2, -0.15) is 0 Å². The van der Waals surface area contributed by atoms with Crippen molar-refractivity contribution in [3.8, 4) is 0 Å². The van der Waals surface area contributed by atoms with E-state index in [2.05, 4.69) is 0 Å². The summed E-state index contributed by atoms with van der Waals surface area (Å²) < 4.78 is 3.23. The molecule has 0 radical (unpaired) electrons. The molecule has 0 spiro atoms. The van der Waals surface area contributed by atoms with E-state index in [9.17, 15) is 9.59 Å². The number of imidazole rings is 1. The van der Waals surface area contributed by atoms with Crippen molar-refractivity contribution in [2.24, 2.45) is 19.1 Å². The Morgan fingerprint density at radius 1 is 0.812 bits per heavy atom. The number of amides is 1. The number of para-hydroxylation sites is 2. The number of rotatable bonds is 3. The van der Waals surface area contributed by atoms with Crippen molar-refractivity contribution in [1.29, 1.82) is 0 Å². The van der Waals surface area contributed by atoms with Gasteiger partial charge in [0, 0.05) is 14.1 Å². The van der Waals surface area contributed by atoms with E-state index < -0.39 is 0 Å². The quantitative estimate of drug-likeness (QED) is 0.435. The number of benzene rings is 3. The molecule has 1 aliphatic rings. The van der Waals surface area contributed by atoms with Gasteiger partial charge in [-0.25, -0.2) is 9.79 Å². The number of anilines is 1. The standard InChI is InChI=1S/C25H20N4O2S/c1-27-20-14-13-17(15-21(20)28(2)25(27)31)16-22-23(30)29(19-11-7-4-8-12-19)24(32-22)26-18-9-5-3-6-10-18/h3-16H,1-2H3. The smallest absolute Gasteiger partial charge is 0.295 e. The highest BCUT2D eigenvalue weighted by Crippen LogP contribution is 2.37. The highest BCUT2D eigenvalue weighted by molar-refractivity contribution is 8.19. The number of thioether (sulfide) groups is 1. The van der Waals surface area contributed by atoms with Crippen LogP contribution in [-0.4, -0.2) is 20.2 Å². The summed E-state index contributed by atoms with van der Waals surface area (Å²) in [6, 6.07) is 24.9. The van der Waals surface area contributed by atoms with Crippen LogP contribution in [0.5, 0.6) is 0 Å². The van der Waals surface area contributed by atoms with Crippen LogP contribution in [0.3, 0.4) is 0 Å². The third-order valence-corrected chi connectivity index (χ3v) is 6.36. The predicted molar refractivity (Wildman–Crippen MR) is 131 cm³/mol. The molecule has 3 aromatic carbocycles. The van der Waals surface area contributed by atoms with Gasteiger partial charge < -0.3 is 0 Å². The van der Waals surface area contributed by atoms with E-state index in [0.717, 1.165) is 28.0 Å². The average molecular weight is 441 g/mol. The maximum Gasteiger partial charge on any atom is 0.328 e. The Balaban J connectivity index is 1.59. The van der Waals surface area contributed by atoms with Crippen molar-refractivity contribution in [1.82, 2.24) is 9.13 Å². The van der Waals surface area contributed by atoms with Gasteiger partial charge in [-0.15, -0.1) is 0 Å². The van der Waals surface area contributed by atoms with E-state index in [1.54, 1.807) is 28.1 Å². The minimum atomic E-state index is -0.127. The molecule has 0 aliphatic carbocycles. The van der Waals surface area contributed by atoms with Crippen LogP contribution < -0.4 is 10.6 Å². The molecule has 0 atom stereocenters. The van der Waals surface area contributed by atoms with E-state index >= 15 is 0 Å². The van der Waals surface area contributed by atoms with Crippen LogP contribution in [0.4, 0.5) is 11.4 Å². The lowest BCUT2D eigenvalue weighted by molar-refractivity contribution is -0.113. The van der Waals surface area contributed by atoms with Crippen LogP contribution in [0.2, 0.25) is 0 Å². The van der Waals surface area contributed by atoms with Gasteiger partial charge >= 0.3 is 5.69 Å². The third kappa shape index (κ3) is 3.46. The Morgan fingerprint density at radius 3 is 2.19 bits per heavy atom. The van der Waals surface area contributed by atoms with Crippen LogP contribution in [-0.2, 0) is 18.9 Å². The molecule has 7 heteroatoms. The zero-order valence-corrected chi connectivity index (χ0v) is 18.4. The maximum atomic E-state index is 13.4. The van der Waals surface area contributed by atoms with E-state index in [4.69, 9.17) is 4.99 Å². The summed E-state index contributed by atoms with van der Waals surface area (Å²) in [5, 5.41) is 0.604. The number of aliphatic imine (C=N–C) groups is 1. The SMILES string of the molecule is Cn1c(=O)n(C)c2cc(C=C3SC(=Nc4ccccc4)N(c4ccccc4)C3=O)ccc21. The molecule has 6 nitrogen and oxygen atoms in total. The van der Waals surface area contributed by atoms with Gasteiger partial charge in [-0.1, -0.05) is 42.5 Å². The summed E-state index contributed by atoms with van der Waals surface area (Å²) in [6.45, 7) is 0. The fourth-order valence-corrected chi connectivity index (χ4v) is 4.73. The molecular weight excluding hydrogens is 420 g/mol. The van der Waals surface area contributed by atoms with Crippen molar-refractivity contribution in [2.45, 2.75) is 0 Å². The van der Waals surface area contributed by atoms with E-state index in [0.29, 0.717) is 10.1 Å². The highest BCUT2D eigenvalue weighted by atomic mass is 32.2. The van der Waals surface area contributed by atoms with Gasteiger partial charge in [0.15, 0.2) is 5.17 Å². The molecule has 1 amide bonds. The van der Waals surface area contributed by atoms with Crippen LogP contribution in [0.1, 0.15) is 5.56 Å². The third-order valence-electron chi connectivity index (χ3n) is 5.40. The molecule has 0 saturated carbocycles. The molecule has 0 bridgehead atoms. The van der Waals surface area contributed by atoms with Crippen LogP contribution >= 0.6 is 11.8 Å². The molecule has 2 heterocycles. The fraction of sp³-hybridized carbons (Fsp3) is 0.0800. The fourth-order valence-electron chi connectivity index (χ4n) is 3.73. The van der Waals surface area contributed by atoms with Gasteiger partial charge in [0.25, 0.3) is 5.91 Å². The topological polar surface area (TPSA) is 59.6 Å². The Kier molecular flexibility index (Phi) is 5.03. The predicted octanol–water partition coefficient (Wildman–Crippen LogP) is 4.69. The molecule has 1 fully saturated rings. The van der Waals surface area contributed by atoms with Crippen LogP contribution in [0.15, 0.2) is 93.6 Å². The van der Waals surface area contributed by atoms with Gasteiger partial charge in [0.1, 0.15) is 0 Å². The molecule has 1 aliphatic heterocycles. The molecule has 158 valence electrons. The molecule has 1 saturated heterocycles. The highest BCUT2D eigenvalue weighted by Gasteiger charge is 2.34. The summed E-state index contributed by atoms with van der Waals surface area (Å²) >= 11 is 1.34. The number of fused-ring (bicyclic) bond motifs is 1. The Bertz CT molecular complexity index is 1450. The van der Waals surface area contributed by atoms with Gasteiger partial charge in [0.2, 0.25) is 0 Å². The molecular formula is C25H20N4O2S. The number of hydrogen-bond acceptors (Lipinski definition) is 4. The number of carbonyl (C=O) groups excluding carboxylic acids is 1. The lowest BCUT2D eigenvalue weighted by atomic mass is 10.1. The van der Waals surface area contributed by atoms with Gasteiger partial charge in [0.05, 0.1) is 27.3 Å². The van der Waals surface area contributed by atoms with Crippen LogP contribution in [0, 0.1) is 0 Å². The first-order valence-corrected chi connectivity index (χ1v) is 10.9. The summed E-state index contributed by atoms with van der Waals surface area (Å²) in [7, 11) is 3.50. The van der Waals surface area contributed by atoms with E-state index in [-0.39, 0.29) is 11.6 Å². The Morgan fingerprint density at radius 2 is 1.47 bits per heavy atom. The molecule has 5 rings (SSSR count). The monoisotopic (exact) mass is 440 g/mol. The number of aryl methyl sites for hydroxylation is 2. The van der Waals surface area contributed by atoms with Crippen molar-refractivity contribution >= 4 is 51.3 Å². The lowest BCUT2D eigenvalue weighted by Crippen LogP contribution is -2.28. The minimum Gasteiger partial charge on any atom is -0.295 e. The summed E-state index contributed by atoms with van der Waals surface area (Å²) in [5.41, 5.74) is 3.99. The zero-order chi connectivity index (χ0) is 22.2. The summed E-state index contributed by atoms with van der Waals surface area (Å²) in [4.78, 5) is 32.6. The molecule has 4 aromatic rings.